The van der Waals surface area contributed by atoms with Crippen LogP contribution in [0.4, 0.5) is 11.6 Å². The lowest BCUT2D eigenvalue weighted by Gasteiger charge is -2.18. The monoisotopic (exact) mass is 266 g/mol. The van der Waals surface area contributed by atoms with Gasteiger partial charge in [-0.3, -0.25) is 4.79 Å². The van der Waals surface area contributed by atoms with E-state index in [4.69, 9.17) is 5.11 Å². The van der Waals surface area contributed by atoms with E-state index in [1.807, 2.05) is 0 Å². The Labute approximate surface area is 113 Å². The summed E-state index contributed by atoms with van der Waals surface area (Å²) in [5.74, 6) is 0.921. The first-order valence-electron chi connectivity index (χ1n) is 6.31. The van der Waals surface area contributed by atoms with E-state index in [-0.39, 0.29) is 12.0 Å². The fraction of sp³-hybridized carbons (Fsp3) is 0.615. The van der Waals surface area contributed by atoms with Crippen molar-refractivity contribution in [2.75, 3.05) is 23.7 Å². The number of aryl methyl sites for hydroxylation is 1. The van der Waals surface area contributed by atoms with Gasteiger partial charge in [0, 0.05) is 12.6 Å². The van der Waals surface area contributed by atoms with E-state index in [2.05, 4.69) is 41.4 Å². The van der Waals surface area contributed by atoms with E-state index in [1.54, 1.807) is 13.0 Å². The molecule has 0 unspecified atom stereocenters. The van der Waals surface area contributed by atoms with Gasteiger partial charge in [0.25, 0.3) is 0 Å². The molecule has 0 aromatic carbocycles. The van der Waals surface area contributed by atoms with E-state index in [1.165, 1.54) is 0 Å². The van der Waals surface area contributed by atoms with Crippen LogP contribution in [0.15, 0.2) is 6.07 Å². The third kappa shape index (κ3) is 6.59. The van der Waals surface area contributed by atoms with E-state index in [0.29, 0.717) is 17.5 Å². The number of carbonyl (C=O) groups is 1. The summed E-state index contributed by atoms with van der Waals surface area (Å²) in [6.45, 7) is 8.98. The summed E-state index contributed by atoms with van der Waals surface area (Å²) in [6, 6.07) is 1.72. The normalized spacial score (nSPS) is 11.2. The Morgan fingerprint density at radius 2 is 1.84 bits per heavy atom. The Kier molecular flexibility index (Phi) is 5.09. The lowest BCUT2D eigenvalue weighted by Crippen LogP contribution is -2.16. The number of carboxylic acid groups (broad SMARTS) is 1. The van der Waals surface area contributed by atoms with Crippen LogP contribution in [0.25, 0.3) is 0 Å². The summed E-state index contributed by atoms with van der Waals surface area (Å²) in [5, 5.41) is 14.6. The fourth-order valence-corrected chi connectivity index (χ4v) is 1.48. The zero-order valence-corrected chi connectivity index (χ0v) is 11.9. The van der Waals surface area contributed by atoms with Gasteiger partial charge in [-0.05, 0) is 18.8 Å². The van der Waals surface area contributed by atoms with Crippen LogP contribution in [-0.2, 0) is 4.79 Å². The van der Waals surface area contributed by atoms with Crippen molar-refractivity contribution >= 4 is 17.6 Å². The Bertz CT molecular complexity index is 441. The largest absolute Gasteiger partial charge is 0.480 e. The summed E-state index contributed by atoms with van der Waals surface area (Å²) < 4.78 is 0. The van der Waals surface area contributed by atoms with Gasteiger partial charge < -0.3 is 15.7 Å². The molecule has 19 heavy (non-hydrogen) atoms. The molecule has 0 saturated heterocycles. The number of rotatable bonds is 6. The molecule has 0 amide bonds. The number of carboxylic acids is 1. The van der Waals surface area contributed by atoms with Crippen LogP contribution in [-0.4, -0.2) is 34.1 Å². The second kappa shape index (κ2) is 6.36. The third-order valence-corrected chi connectivity index (χ3v) is 2.44. The molecule has 0 saturated carbocycles. The average Bonchev–Trinajstić information content (AvgIpc) is 2.24. The van der Waals surface area contributed by atoms with Gasteiger partial charge in [0.1, 0.15) is 24.0 Å². The van der Waals surface area contributed by atoms with Crippen molar-refractivity contribution in [2.45, 2.75) is 34.1 Å². The van der Waals surface area contributed by atoms with Crippen molar-refractivity contribution in [1.82, 2.24) is 9.97 Å². The maximum absolute atomic E-state index is 10.5. The van der Waals surface area contributed by atoms with Crippen LogP contribution in [0.1, 0.15) is 33.0 Å². The van der Waals surface area contributed by atoms with Gasteiger partial charge in [0.15, 0.2) is 0 Å². The lowest BCUT2D eigenvalue weighted by molar-refractivity contribution is -0.134. The summed E-state index contributed by atoms with van der Waals surface area (Å²) in [6.07, 6.45) is 1.02. The van der Waals surface area contributed by atoms with E-state index in [9.17, 15) is 4.79 Å². The number of nitrogens with one attached hydrogen (secondary N) is 2. The SMILES string of the molecule is Cc1nc(NCCC(C)(C)C)cc(NCC(=O)O)n1. The number of anilines is 2. The van der Waals surface area contributed by atoms with Gasteiger partial charge >= 0.3 is 5.97 Å². The minimum atomic E-state index is -0.918. The van der Waals surface area contributed by atoms with E-state index < -0.39 is 5.97 Å². The van der Waals surface area contributed by atoms with Crippen LogP contribution in [0, 0.1) is 12.3 Å². The predicted octanol–water partition coefficient (Wildman–Crippen LogP) is 2.13. The molecule has 0 bridgehead atoms. The molecule has 0 aliphatic heterocycles. The molecular formula is C13H22N4O2. The van der Waals surface area contributed by atoms with Gasteiger partial charge in [0.2, 0.25) is 0 Å². The topological polar surface area (TPSA) is 87.1 Å². The van der Waals surface area contributed by atoms with Crippen molar-refractivity contribution in [2.24, 2.45) is 5.41 Å². The molecule has 6 nitrogen and oxygen atoms in total. The Balaban J connectivity index is 2.60. The smallest absolute Gasteiger partial charge is 0.322 e. The van der Waals surface area contributed by atoms with Gasteiger partial charge in [-0.2, -0.15) is 0 Å². The molecule has 1 aromatic rings. The first-order chi connectivity index (χ1) is 8.76. The number of hydrogen-bond donors (Lipinski definition) is 3. The van der Waals surface area contributed by atoms with Crippen LogP contribution >= 0.6 is 0 Å². The molecule has 6 heteroatoms. The number of aromatic nitrogens is 2. The minimum Gasteiger partial charge on any atom is -0.480 e. The highest BCUT2D eigenvalue weighted by atomic mass is 16.4. The number of hydrogen-bond acceptors (Lipinski definition) is 5. The lowest BCUT2D eigenvalue weighted by atomic mass is 9.92. The Hall–Kier alpha value is -1.85. The van der Waals surface area contributed by atoms with Gasteiger partial charge in [-0.1, -0.05) is 20.8 Å². The zero-order valence-electron chi connectivity index (χ0n) is 11.9. The maximum Gasteiger partial charge on any atom is 0.322 e. The maximum atomic E-state index is 10.5. The summed E-state index contributed by atoms with van der Waals surface area (Å²) in [5.41, 5.74) is 0.263. The van der Waals surface area contributed by atoms with Crippen molar-refractivity contribution in [1.29, 1.82) is 0 Å². The van der Waals surface area contributed by atoms with Crippen molar-refractivity contribution in [3.63, 3.8) is 0 Å². The molecule has 0 radical (unpaired) electrons. The van der Waals surface area contributed by atoms with Gasteiger partial charge in [-0.15, -0.1) is 0 Å². The van der Waals surface area contributed by atoms with Crippen LogP contribution in [0.3, 0.4) is 0 Å². The molecule has 3 N–H and O–H groups in total. The Morgan fingerprint density at radius 1 is 1.26 bits per heavy atom. The quantitative estimate of drug-likeness (QED) is 0.731. The van der Waals surface area contributed by atoms with Crippen LogP contribution in [0.2, 0.25) is 0 Å². The van der Waals surface area contributed by atoms with Gasteiger partial charge in [-0.25, -0.2) is 9.97 Å². The van der Waals surface area contributed by atoms with Gasteiger partial charge in [0.05, 0.1) is 0 Å². The standard InChI is InChI=1S/C13H22N4O2/c1-9-16-10(14-6-5-13(2,3)4)7-11(17-9)15-8-12(18)19/h7H,5-6,8H2,1-4H3,(H,18,19)(H2,14,15,16,17). The zero-order chi connectivity index (χ0) is 14.5. The molecule has 0 aliphatic carbocycles. The molecule has 106 valence electrons. The molecule has 0 fully saturated rings. The summed E-state index contributed by atoms with van der Waals surface area (Å²) in [4.78, 5) is 18.9. The third-order valence-electron chi connectivity index (χ3n) is 2.44. The number of aliphatic carboxylic acids is 1. The fourth-order valence-electron chi connectivity index (χ4n) is 1.48. The molecule has 1 aromatic heterocycles. The average molecular weight is 266 g/mol. The second-order valence-electron chi connectivity index (χ2n) is 5.67. The van der Waals surface area contributed by atoms with E-state index >= 15 is 0 Å². The van der Waals surface area contributed by atoms with E-state index in [0.717, 1.165) is 13.0 Å². The number of nitrogens with zero attached hydrogens (tertiary/aromatic N) is 2. The predicted molar refractivity (Wildman–Crippen MR) is 75.5 cm³/mol. The molecule has 1 rings (SSSR count). The van der Waals surface area contributed by atoms with Crippen LogP contribution in [0.5, 0.6) is 0 Å². The molecular weight excluding hydrogens is 244 g/mol. The Morgan fingerprint density at radius 3 is 2.37 bits per heavy atom. The highest BCUT2D eigenvalue weighted by molar-refractivity contribution is 5.72. The molecule has 0 spiro atoms. The molecule has 0 atom stereocenters. The van der Waals surface area contributed by atoms with Crippen molar-refractivity contribution < 1.29 is 9.90 Å². The molecule has 0 aliphatic rings. The first-order valence-corrected chi connectivity index (χ1v) is 6.31. The minimum absolute atomic E-state index is 0.155. The summed E-state index contributed by atoms with van der Waals surface area (Å²) in [7, 11) is 0. The highest BCUT2D eigenvalue weighted by Crippen LogP contribution is 2.18. The second-order valence-corrected chi connectivity index (χ2v) is 5.67. The summed E-state index contributed by atoms with van der Waals surface area (Å²) >= 11 is 0. The van der Waals surface area contributed by atoms with Crippen molar-refractivity contribution in [3.05, 3.63) is 11.9 Å². The highest BCUT2D eigenvalue weighted by Gasteiger charge is 2.10. The van der Waals surface area contributed by atoms with Crippen molar-refractivity contribution in [3.8, 4) is 0 Å². The first kappa shape index (κ1) is 15.2. The van der Waals surface area contributed by atoms with Crippen LogP contribution < -0.4 is 10.6 Å². The molecule has 1 heterocycles.